The molecular formula is C70H53N. The van der Waals surface area contributed by atoms with Gasteiger partial charge in [-0.1, -0.05) is 259 Å². The average Bonchev–Trinajstić information content (AvgIpc) is 4.03. The smallest absolute Gasteiger partial charge is 0.0725 e. The van der Waals surface area contributed by atoms with Crippen LogP contribution in [0.2, 0.25) is 0 Å². The highest BCUT2D eigenvalue weighted by Crippen LogP contribution is 2.62. The number of hydrogen-bond donors (Lipinski definition) is 0. The van der Waals surface area contributed by atoms with Gasteiger partial charge < -0.3 is 4.57 Å². The Morgan fingerprint density at radius 3 is 1.31 bits per heavy atom. The van der Waals surface area contributed by atoms with Crippen molar-refractivity contribution < 1.29 is 0 Å². The molecule has 12 aromatic rings. The van der Waals surface area contributed by atoms with Crippen LogP contribution < -0.4 is 0 Å². The molecule has 2 aliphatic rings. The lowest BCUT2D eigenvalue weighted by Crippen LogP contribution is -2.25. The van der Waals surface area contributed by atoms with Crippen LogP contribution in [0.25, 0.3) is 83.1 Å². The molecule has 1 spiro atoms. The van der Waals surface area contributed by atoms with Crippen molar-refractivity contribution in [2.45, 2.75) is 26.2 Å². The van der Waals surface area contributed by atoms with E-state index in [9.17, 15) is 0 Å². The zero-order valence-corrected chi connectivity index (χ0v) is 40.4. The van der Waals surface area contributed by atoms with Gasteiger partial charge in [0.05, 0.1) is 16.4 Å². The third-order valence-electron chi connectivity index (χ3n) is 14.6. The van der Waals surface area contributed by atoms with E-state index >= 15 is 0 Å². The molecule has 2 aliphatic carbocycles. The predicted molar refractivity (Wildman–Crippen MR) is 300 cm³/mol. The summed E-state index contributed by atoms with van der Waals surface area (Å²) < 4.78 is 2.38. The van der Waals surface area contributed by atoms with Crippen LogP contribution in [0.15, 0.2) is 267 Å². The second kappa shape index (κ2) is 18.3. The van der Waals surface area contributed by atoms with E-state index in [1.807, 2.05) is 6.07 Å². The highest BCUT2D eigenvalue weighted by atomic mass is 15.0. The number of fused-ring (bicyclic) bond motifs is 13. The van der Waals surface area contributed by atoms with E-state index in [1.165, 1.54) is 122 Å². The third kappa shape index (κ3) is 7.59. The molecule has 1 aromatic heterocycles. The highest BCUT2D eigenvalue weighted by Gasteiger charge is 2.51. The molecule has 1 nitrogen and oxygen atoms in total. The minimum atomic E-state index is -0.189. The SMILES string of the molecule is Cc1ccc(-c2ccccc2)cc1.Cc1ccc2c(c1)C1(c3ccccc3-c3ccccc31)c1ccccc1-2.Cc1cccc(-c2ccccc2-c2ccc3c4ccccc4n(-c4ccccc4)c3c2)c1. The van der Waals surface area contributed by atoms with Gasteiger partial charge in [-0.15, -0.1) is 0 Å². The van der Waals surface area contributed by atoms with E-state index in [4.69, 9.17) is 0 Å². The lowest BCUT2D eigenvalue weighted by Gasteiger charge is -2.30. The van der Waals surface area contributed by atoms with Crippen molar-refractivity contribution in [1.29, 1.82) is 0 Å². The van der Waals surface area contributed by atoms with Crippen LogP contribution in [-0.2, 0) is 5.41 Å². The monoisotopic (exact) mass is 907 g/mol. The van der Waals surface area contributed by atoms with Gasteiger partial charge in [0.25, 0.3) is 0 Å². The predicted octanol–water partition coefficient (Wildman–Crippen LogP) is 18.4. The molecule has 11 aromatic carbocycles. The Kier molecular flexibility index (Phi) is 11.2. The van der Waals surface area contributed by atoms with Crippen LogP contribution in [0.4, 0.5) is 0 Å². The Morgan fingerprint density at radius 1 is 0.254 bits per heavy atom. The fourth-order valence-electron chi connectivity index (χ4n) is 11.4. The molecule has 0 amide bonds. The van der Waals surface area contributed by atoms with E-state index in [2.05, 4.69) is 286 Å². The van der Waals surface area contributed by atoms with Gasteiger partial charge in [-0.05, 0) is 123 Å². The first kappa shape index (κ1) is 43.5. The zero-order valence-electron chi connectivity index (χ0n) is 40.4. The number of para-hydroxylation sites is 2. The summed E-state index contributed by atoms with van der Waals surface area (Å²) in [5.41, 5.74) is 26.1. The normalized spacial score (nSPS) is 12.3. The highest BCUT2D eigenvalue weighted by molar-refractivity contribution is 6.10. The number of rotatable bonds is 4. The van der Waals surface area contributed by atoms with Gasteiger partial charge in [-0.3, -0.25) is 0 Å². The first-order valence-corrected chi connectivity index (χ1v) is 24.7. The summed E-state index contributed by atoms with van der Waals surface area (Å²) in [4.78, 5) is 0. The van der Waals surface area contributed by atoms with E-state index in [0.29, 0.717) is 0 Å². The fourth-order valence-corrected chi connectivity index (χ4v) is 11.4. The number of nitrogens with zero attached hydrogens (tertiary/aromatic N) is 1. The summed E-state index contributed by atoms with van der Waals surface area (Å²) >= 11 is 0. The maximum absolute atomic E-state index is 2.40. The molecule has 0 aliphatic heterocycles. The van der Waals surface area contributed by atoms with Crippen LogP contribution >= 0.6 is 0 Å². The Bertz CT molecular complexity index is 3830. The lowest BCUT2D eigenvalue weighted by atomic mass is 9.70. The Balaban J connectivity index is 0.000000119. The molecule has 338 valence electrons. The summed E-state index contributed by atoms with van der Waals surface area (Å²) in [6.45, 7) is 6.45. The van der Waals surface area contributed by atoms with E-state index in [1.54, 1.807) is 0 Å². The molecule has 14 rings (SSSR count). The molecule has 0 fully saturated rings. The van der Waals surface area contributed by atoms with Crippen molar-refractivity contribution in [2.75, 3.05) is 0 Å². The summed E-state index contributed by atoms with van der Waals surface area (Å²) in [7, 11) is 0. The van der Waals surface area contributed by atoms with Crippen LogP contribution in [-0.4, -0.2) is 4.57 Å². The van der Waals surface area contributed by atoms with Crippen LogP contribution in [0.5, 0.6) is 0 Å². The van der Waals surface area contributed by atoms with Crippen molar-refractivity contribution in [1.82, 2.24) is 4.57 Å². The topological polar surface area (TPSA) is 4.93 Å². The molecule has 0 saturated heterocycles. The maximum Gasteiger partial charge on any atom is 0.0725 e. The molecule has 1 heteroatoms. The van der Waals surface area contributed by atoms with Crippen molar-refractivity contribution in [3.05, 3.63) is 306 Å². The minimum Gasteiger partial charge on any atom is -0.309 e. The molecular weight excluding hydrogens is 855 g/mol. The van der Waals surface area contributed by atoms with Crippen molar-refractivity contribution in [2.24, 2.45) is 0 Å². The average molecular weight is 908 g/mol. The molecule has 0 atom stereocenters. The lowest BCUT2D eigenvalue weighted by molar-refractivity contribution is 0.792. The molecule has 1 heterocycles. The Morgan fingerprint density at radius 2 is 0.690 bits per heavy atom. The molecule has 71 heavy (non-hydrogen) atoms. The number of aryl methyl sites for hydroxylation is 3. The summed E-state index contributed by atoms with van der Waals surface area (Å²) in [6, 6.07) is 96.5. The summed E-state index contributed by atoms with van der Waals surface area (Å²) in [5, 5.41) is 2.56. The largest absolute Gasteiger partial charge is 0.309 e. The molecule has 0 bridgehead atoms. The van der Waals surface area contributed by atoms with E-state index < -0.39 is 0 Å². The Labute approximate surface area is 417 Å². The van der Waals surface area contributed by atoms with Crippen LogP contribution in [0, 0.1) is 20.8 Å². The van der Waals surface area contributed by atoms with E-state index in [0.717, 1.165) is 0 Å². The number of benzene rings is 11. The first-order valence-electron chi connectivity index (χ1n) is 24.7. The van der Waals surface area contributed by atoms with Gasteiger partial charge in [0.15, 0.2) is 0 Å². The molecule has 0 saturated carbocycles. The summed E-state index contributed by atoms with van der Waals surface area (Å²) in [6.07, 6.45) is 0. The van der Waals surface area contributed by atoms with Gasteiger partial charge in [0.2, 0.25) is 0 Å². The van der Waals surface area contributed by atoms with Crippen LogP contribution in [0.3, 0.4) is 0 Å². The third-order valence-corrected chi connectivity index (χ3v) is 14.6. The maximum atomic E-state index is 2.40. The second-order valence-corrected chi connectivity index (χ2v) is 19.0. The second-order valence-electron chi connectivity index (χ2n) is 19.0. The fraction of sp³-hybridized carbons (Fsp3) is 0.0571. The zero-order chi connectivity index (χ0) is 47.9. The van der Waals surface area contributed by atoms with Crippen molar-refractivity contribution >= 4 is 21.8 Å². The van der Waals surface area contributed by atoms with Crippen molar-refractivity contribution in [3.8, 4) is 61.3 Å². The molecule has 0 N–H and O–H groups in total. The first-order chi connectivity index (χ1) is 35.0. The van der Waals surface area contributed by atoms with Gasteiger partial charge in [-0.2, -0.15) is 0 Å². The number of hydrogen-bond acceptors (Lipinski definition) is 0. The Hall–Kier alpha value is -8.78. The quantitative estimate of drug-likeness (QED) is 0.166. The van der Waals surface area contributed by atoms with Gasteiger partial charge in [0.1, 0.15) is 0 Å². The molecule has 0 radical (unpaired) electrons. The number of aromatic nitrogens is 1. The van der Waals surface area contributed by atoms with Gasteiger partial charge in [-0.25, -0.2) is 0 Å². The van der Waals surface area contributed by atoms with Crippen LogP contribution in [0.1, 0.15) is 38.9 Å². The van der Waals surface area contributed by atoms with Crippen molar-refractivity contribution in [3.63, 3.8) is 0 Å². The molecule has 0 unspecified atom stereocenters. The minimum absolute atomic E-state index is 0.189. The van der Waals surface area contributed by atoms with Gasteiger partial charge in [0, 0.05) is 16.5 Å². The van der Waals surface area contributed by atoms with Gasteiger partial charge >= 0.3 is 0 Å². The summed E-state index contributed by atoms with van der Waals surface area (Å²) in [5.74, 6) is 0. The standard InChI is InChI=1S/C31H23N.C26H18.C13H12/c1-22-10-9-11-23(20-22)26-14-5-6-15-27(26)24-18-19-29-28-16-7-8-17-30(28)32(31(29)21-24)25-12-3-2-4-13-25;1-17-14-15-21-20-10-4-7-13-24(20)26(25(21)16-17)22-11-5-2-8-18(22)19-9-3-6-12-23(19)26;1-11-7-9-13(10-8-11)12-5-3-2-4-6-12/h2-21H,1H3;2-16H,1H3;2-10H,1H3. The van der Waals surface area contributed by atoms with E-state index in [-0.39, 0.29) is 5.41 Å².